The molecule has 0 radical (unpaired) electrons. The number of hydrogen-bond donors (Lipinski definition) is 1. The molecule has 1 saturated heterocycles. The summed E-state index contributed by atoms with van der Waals surface area (Å²) in [6.45, 7) is 3.95. The van der Waals surface area contributed by atoms with Crippen LogP contribution in [0.1, 0.15) is 18.4 Å². The van der Waals surface area contributed by atoms with Crippen molar-refractivity contribution in [1.82, 2.24) is 10.3 Å². The van der Waals surface area contributed by atoms with Crippen LogP contribution in [0.25, 0.3) is 0 Å². The first kappa shape index (κ1) is 10.8. The van der Waals surface area contributed by atoms with Crippen molar-refractivity contribution in [3.63, 3.8) is 0 Å². The standard InChI is InChI=1S/C11H16N2OS/c1-9-2-7-13-11(8-9)15(14)10-3-5-12-6-4-10/h2,7-8,10,12H,3-6H2,1H3. The minimum atomic E-state index is -0.931. The monoisotopic (exact) mass is 224 g/mol. The Hall–Kier alpha value is -0.740. The summed E-state index contributed by atoms with van der Waals surface area (Å²) in [5, 5.41) is 4.29. The first-order valence-electron chi connectivity index (χ1n) is 5.31. The minimum Gasteiger partial charge on any atom is -0.317 e. The van der Waals surface area contributed by atoms with Crippen molar-refractivity contribution in [2.45, 2.75) is 30.0 Å². The summed E-state index contributed by atoms with van der Waals surface area (Å²) in [5.41, 5.74) is 1.13. The van der Waals surface area contributed by atoms with Gasteiger partial charge in [0.05, 0.1) is 10.8 Å². The number of rotatable bonds is 2. The molecule has 0 aromatic carbocycles. The van der Waals surface area contributed by atoms with Crippen molar-refractivity contribution in [2.75, 3.05) is 13.1 Å². The highest BCUT2D eigenvalue weighted by Gasteiger charge is 2.21. The molecule has 0 bridgehead atoms. The summed E-state index contributed by atoms with van der Waals surface area (Å²) in [5.74, 6) is 0. The summed E-state index contributed by atoms with van der Waals surface area (Å²) < 4.78 is 12.2. The molecule has 2 heterocycles. The van der Waals surface area contributed by atoms with Crippen molar-refractivity contribution in [2.24, 2.45) is 0 Å². The van der Waals surface area contributed by atoms with Gasteiger partial charge in [0.1, 0.15) is 5.03 Å². The molecule has 3 nitrogen and oxygen atoms in total. The van der Waals surface area contributed by atoms with E-state index in [1.54, 1.807) is 6.20 Å². The fourth-order valence-corrected chi connectivity index (χ4v) is 3.27. The maximum Gasteiger partial charge on any atom is 0.127 e. The molecular weight excluding hydrogens is 208 g/mol. The van der Waals surface area contributed by atoms with E-state index in [2.05, 4.69) is 10.3 Å². The number of nitrogens with zero attached hydrogens (tertiary/aromatic N) is 1. The van der Waals surface area contributed by atoms with Crippen molar-refractivity contribution < 1.29 is 4.21 Å². The Bertz CT molecular complexity index is 361. The molecule has 1 aromatic heterocycles. The van der Waals surface area contributed by atoms with Gasteiger partial charge >= 0.3 is 0 Å². The van der Waals surface area contributed by atoms with Crippen LogP contribution in [-0.2, 0) is 10.8 Å². The smallest absolute Gasteiger partial charge is 0.127 e. The Morgan fingerprint density at radius 3 is 2.87 bits per heavy atom. The van der Waals surface area contributed by atoms with Crippen LogP contribution in [0, 0.1) is 6.92 Å². The van der Waals surface area contributed by atoms with Crippen LogP contribution in [0.3, 0.4) is 0 Å². The van der Waals surface area contributed by atoms with E-state index in [0.717, 1.165) is 36.5 Å². The second-order valence-corrected chi connectivity index (χ2v) is 5.60. The van der Waals surface area contributed by atoms with Crippen molar-refractivity contribution in [1.29, 1.82) is 0 Å². The maximum absolute atomic E-state index is 12.2. The largest absolute Gasteiger partial charge is 0.317 e. The van der Waals surface area contributed by atoms with Gasteiger partial charge in [-0.3, -0.25) is 4.21 Å². The molecule has 82 valence electrons. The summed E-state index contributed by atoms with van der Waals surface area (Å²) in [6.07, 6.45) is 3.72. The third kappa shape index (κ3) is 2.63. The summed E-state index contributed by atoms with van der Waals surface area (Å²) in [4.78, 5) is 4.19. The van der Waals surface area contributed by atoms with Gasteiger partial charge in [-0.2, -0.15) is 0 Å². The quantitative estimate of drug-likeness (QED) is 0.822. The molecule has 15 heavy (non-hydrogen) atoms. The normalized spacial score (nSPS) is 20.1. The Morgan fingerprint density at radius 2 is 2.20 bits per heavy atom. The van der Waals surface area contributed by atoms with Gasteiger partial charge in [-0.25, -0.2) is 4.98 Å². The van der Waals surface area contributed by atoms with Crippen LogP contribution in [0.4, 0.5) is 0 Å². The van der Waals surface area contributed by atoms with E-state index in [9.17, 15) is 4.21 Å². The van der Waals surface area contributed by atoms with E-state index in [1.807, 2.05) is 19.1 Å². The van der Waals surface area contributed by atoms with E-state index in [-0.39, 0.29) is 5.25 Å². The summed E-state index contributed by atoms with van der Waals surface area (Å²) in [7, 11) is -0.931. The van der Waals surface area contributed by atoms with E-state index in [1.165, 1.54) is 0 Å². The number of aromatic nitrogens is 1. The molecule has 4 heteroatoms. The zero-order chi connectivity index (χ0) is 10.7. The molecular formula is C11H16N2OS. The molecule has 0 spiro atoms. The lowest BCUT2D eigenvalue weighted by Gasteiger charge is -2.21. The van der Waals surface area contributed by atoms with Crippen molar-refractivity contribution >= 4 is 10.8 Å². The maximum atomic E-state index is 12.2. The predicted octanol–water partition coefficient (Wildman–Crippen LogP) is 1.25. The van der Waals surface area contributed by atoms with Crippen molar-refractivity contribution in [3.05, 3.63) is 23.9 Å². The summed E-state index contributed by atoms with van der Waals surface area (Å²) in [6, 6.07) is 3.86. The van der Waals surface area contributed by atoms with Crippen LogP contribution < -0.4 is 5.32 Å². The van der Waals surface area contributed by atoms with E-state index in [4.69, 9.17) is 0 Å². The highest BCUT2D eigenvalue weighted by Crippen LogP contribution is 2.17. The number of nitrogens with one attached hydrogen (secondary N) is 1. The molecule has 2 rings (SSSR count). The number of piperidine rings is 1. The molecule has 1 N–H and O–H groups in total. The number of pyridine rings is 1. The van der Waals surface area contributed by atoms with Gasteiger partial charge in [0.15, 0.2) is 0 Å². The van der Waals surface area contributed by atoms with Gasteiger partial charge in [-0.15, -0.1) is 0 Å². The fraction of sp³-hybridized carbons (Fsp3) is 0.545. The van der Waals surface area contributed by atoms with Crippen LogP contribution in [0.2, 0.25) is 0 Å². The molecule has 1 unspecified atom stereocenters. The Labute approximate surface area is 92.8 Å². The Kier molecular flexibility index (Phi) is 3.49. The van der Waals surface area contributed by atoms with E-state index < -0.39 is 10.8 Å². The van der Waals surface area contributed by atoms with Gasteiger partial charge in [0.2, 0.25) is 0 Å². The van der Waals surface area contributed by atoms with Gasteiger partial charge in [-0.1, -0.05) is 0 Å². The molecule has 1 atom stereocenters. The average Bonchev–Trinajstić information content (AvgIpc) is 2.29. The molecule has 1 fully saturated rings. The second-order valence-electron chi connectivity index (χ2n) is 3.92. The highest BCUT2D eigenvalue weighted by molar-refractivity contribution is 7.85. The van der Waals surface area contributed by atoms with Crippen LogP contribution in [0.15, 0.2) is 23.4 Å². The minimum absolute atomic E-state index is 0.278. The van der Waals surface area contributed by atoms with Crippen LogP contribution in [0.5, 0.6) is 0 Å². The lowest BCUT2D eigenvalue weighted by Crippen LogP contribution is -2.33. The lowest BCUT2D eigenvalue weighted by molar-refractivity contribution is 0.519. The number of aryl methyl sites for hydroxylation is 1. The average molecular weight is 224 g/mol. The highest BCUT2D eigenvalue weighted by atomic mass is 32.2. The van der Waals surface area contributed by atoms with Gasteiger partial charge in [0, 0.05) is 11.4 Å². The van der Waals surface area contributed by atoms with Crippen LogP contribution in [-0.4, -0.2) is 27.5 Å². The zero-order valence-electron chi connectivity index (χ0n) is 8.90. The molecule has 0 saturated carbocycles. The van der Waals surface area contributed by atoms with Crippen LogP contribution >= 0.6 is 0 Å². The molecule has 1 aliphatic heterocycles. The fourth-order valence-electron chi connectivity index (χ4n) is 1.80. The first-order chi connectivity index (χ1) is 7.27. The lowest BCUT2D eigenvalue weighted by atomic mass is 10.2. The Morgan fingerprint density at radius 1 is 1.47 bits per heavy atom. The van der Waals surface area contributed by atoms with Gasteiger partial charge in [0.25, 0.3) is 0 Å². The summed E-state index contributed by atoms with van der Waals surface area (Å²) >= 11 is 0. The number of hydrogen-bond acceptors (Lipinski definition) is 3. The van der Waals surface area contributed by atoms with E-state index in [0.29, 0.717) is 0 Å². The second kappa shape index (κ2) is 4.86. The van der Waals surface area contributed by atoms with Gasteiger partial charge in [-0.05, 0) is 50.6 Å². The third-order valence-corrected chi connectivity index (χ3v) is 4.40. The topological polar surface area (TPSA) is 42.0 Å². The third-order valence-electron chi connectivity index (χ3n) is 2.69. The molecule has 0 aliphatic carbocycles. The SMILES string of the molecule is Cc1ccnc(S(=O)C2CCNCC2)c1. The molecule has 1 aliphatic rings. The van der Waals surface area contributed by atoms with Gasteiger partial charge < -0.3 is 5.32 Å². The molecule has 0 amide bonds. The van der Waals surface area contributed by atoms with E-state index >= 15 is 0 Å². The van der Waals surface area contributed by atoms with Crippen molar-refractivity contribution in [3.8, 4) is 0 Å². The molecule has 1 aromatic rings. The predicted molar refractivity (Wildman–Crippen MR) is 61.3 cm³/mol. The Balaban J connectivity index is 2.12. The zero-order valence-corrected chi connectivity index (χ0v) is 9.72. The first-order valence-corrected chi connectivity index (χ1v) is 6.52.